The highest BCUT2D eigenvalue weighted by atomic mass is 19.1. The first-order valence-electron chi connectivity index (χ1n) is 8.01. The molecule has 3 nitrogen and oxygen atoms in total. The molecule has 0 radical (unpaired) electrons. The van der Waals surface area contributed by atoms with Crippen LogP contribution in [0.15, 0.2) is 23.2 Å². The maximum Gasteiger partial charge on any atom is 0.192 e. The summed E-state index contributed by atoms with van der Waals surface area (Å²) in [6.45, 7) is 2.50. The van der Waals surface area contributed by atoms with Crippen LogP contribution in [0, 0.1) is 12.7 Å². The number of hydrogen-bond acceptors (Lipinski definition) is 3. The van der Waals surface area contributed by atoms with Crippen LogP contribution >= 0.6 is 0 Å². The molecule has 1 fully saturated rings. The molecule has 1 aliphatic heterocycles. The molecule has 0 bridgehead atoms. The van der Waals surface area contributed by atoms with Crippen LogP contribution in [0.1, 0.15) is 55.7 Å². The van der Waals surface area contributed by atoms with E-state index in [2.05, 4.69) is 9.89 Å². The van der Waals surface area contributed by atoms with Gasteiger partial charge in [-0.25, -0.2) is 4.39 Å². The zero-order valence-electron chi connectivity index (χ0n) is 12.7. The maximum absolute atomic E-state index is 13.5. The molecular formula is C17H24FN3. The van der Waals surface area contributed by atoms with Gasteiger partial charge in [0, 0.05) is 6.04 Å². The first kappa shape index (κ1) is 14.4. The van der Waals surface area contributed by atoms with Crippen molar-refractivity contribution in [2.45, 2.75) is 57.5 Å². The lowest BCUT2D eigenvalue weighted by Crippen LogP contribution is -2.43. The van der Waals surface area contributed by atoms with E-state index in [1.807, 2.05) is 19.1 Å². The van der Waals surface area contributed by atoms with E-state index in [1.165, 1.54) is 38.5 Å². The van der Waals surface area contributed by atoms with Gasteiger partial charge in [0.25, 0.3) is 0 Å². The molecule has 0 aromatic heterocycles. The van der Waals surface area contributed by atoms with Gasteiger partial charge in [-0.2, -0.15) is 0 Å². The van der Waals surface area contributed by atoms with Gasteiger partial charge in [-0.05, 0) is 37.0 Å². The van der Waals surface area contributed by atoms with Crippen molar-refractivity contribution >= 4 is 5.96 Å². The third kappa shape index (κ3) is 2.89. The molecule has 21 heavy (non-hydrogen) atoms. The molecule has 114 valence electrons. The Morgan fingerprint density at radius 1 is 1.19 bits per heavy atom. The Balaban J connectivity index is 1.85. The number of rotatable bonds is 2. The second-order valence-corrected chi connectivity index (χ2v) is 6.28. The van der Waals surface area contributed by atoms with Crippen molar-refractivity contribution in [3.05, 3.63) is 35.1 Å². The number of nitrogens with two attached hydrogens (primary N) is 1. The van der Waals surface area contributed by atoms with E-state index in [0.717, 1.165) is 5.56 Å². The Morgan fingerprint density at radius 3 is 2.57 bits per heavy atom. The predicted octanol–water partition coefficient (Wildman–Crippen LogP) is 3.53. The van der Waals surface area contributed by atoms with E-state index in [0.29, 0.717) is 24.1 Å². The summed E-state index contributed by atoms with van der Waals surface area (Å²) in [5.74, 6) is 0.514. The summed E-state index contributed by atoms with van der Waals surface area (Å²) in [6.07, 6.45) is 7.55. The number of aryl methyl sites for hydroxylation is 1. The van der Waals surface area contributed by atoms with Gasteiger partial charge < -0.3 is 10.6 Å². The summed E-state index contributed by atoms with van der Waals surface area (Å²) in [6, 6.07) is 6.04. The second kappa shape index (κ2) is 6.04. The SMILES string of the molecule is Cc1cc(C2CN=C(N)N2C2CCCCCC2)ccc1F. The smallest absolute Gasteiger partial charge is 0.192 e. The van der Waals surface area contributed by atoms with E-state index in [-0.39, 0.29) is 11.9 Å². The number of nitrogens with zero attached hydrogens (tertiary/aromatic N) is 2. The highest BCUT2D eigenvalue weighted by Gasteiger charge is 2.33. The van der Waals surface area contributed by atoms with Gasteiger partial charge >= 0.3 is 0 Å². The fourth-order valence-electron chi connectivity index (χ4n) is 3.63. The second-order valence-electron chi connectivity index (χ2n) is 6.28. The lowest BCUT2D eigenvalue weighted by atomic mass is 9.99. The van der Waals surface area contributed by atoms with Gasteiger partial charge in [0.1, 0.15) is 5.82 Å². The van der Waals surface area contributed by atoms with Gasteiger partial charge in [-0.3, -0.25) is 4.99 Å². The number of aliphatic imine (C=N–C) groups is 1. The zero-order chi connectivity index (χ0) is 14.8. The van der Waals surface area contributed by atoms with Crippen LogP contribution in [0.2, 0.25) is 0 Å². The number of benzene rings is 1. The zero-order valence-corrected chi connectivity index (χ0v) is 12.7. The summed E-state index contributed by atoms with van der Waals surface area (Å²) in [5.41, 5.74) is 7.98. The van der Waals surface area contributed by atoms with Crippen LogP contribution < -0.4 is 5.73 Å². The lowest BCUT2D eigenvalue weighted by molar-refractivity contribution is 0.237. The van der Waals surface area contributed by atoms with Crippen molar-refractivity contribution in [2.24, 2.45) is 10.7 Å². The highest BCUT2D eigenvalue weighted by Crippen LogP contribution is 2.33. The molecule has 2 N–H and O–H groups in total. The van der Waals surface area contributed by atoms with Crippen molar-refractivity contribution in [2.75, 3.05) is 6.54 Å². The molecule has 1 unspecified atom stereocenters. The average Bonchev–Trinajstić information content (AvgIpc) is 2.69. The maximum atomic E-state index is 13.5. The quantitative estimate of drug-likeness (QED) is 0.846. The van der Waals surface area contributed by atoms with E-state index in [9.17, 15) is 4.39 Å². The minimum absolute atomic E-state index is 0.147. The van der Waals surface area contributed by atoms with Crippen LogP contribution in [0.4, 0.5) is 4.39 Å². The molecule has 1 atom stereocenters. The van der Waals surface area contributed by atoms with E-state index < -0.39 is 0 Å². The molecule has 0 saturated heterocycles. The summed E-state index contributed by atoms with van der Waals surface area (Å²) < 4.78 is 13.5. The Kier molecular flexibility index (Phi) is 4.13. The van der Waals surface area contributed by atoms with Crippen LogP contribution in [0.5, 0.6) is 0 Å². The van der Waals surface area contributed by atoms with Crippen LogP contribution in [-0.4, -0.2) is 23.4 Å². The van der Waals surface area contributed by atoms with Crippen molar-refractivity contribution in [3.63, 3.8) is 0 Å². The minimum atomic E-state index is -0.147. The Morgan fingerprint density at radius 2 is 1.90 bits per heavy atom. The number of hydrogen-bond donors (Lipinski definition) is 1. The largest absolute Gasteiger partial charge is 0.370 e. The molecule has 1 saturated carbocycles. The van der Waals surface area contributed by atoms with Crippen molar-refractivity contribution in [1.82, 2.24) is 4.90 Å². The number of guanidine groups is 1. The molecule has 1 aliphatic carbocycles. The summed E-state index contributed by atoms with van der Waals surface area (Å²) in [5, 5.41) is 0. The standard InChI is InChI=1S/C17H24FN3/c1-12-10-13(8-9-15(12)18)16-11-20-17(19)21(16)14-6-4-2-3-5-7-14/h8-10,14,16H,2-7,11H2,1H3,(H2,19,20). The van der Waals surface area contributed by atoms with Crippen molar-refractivity contribution in [3.8, 4) is 0 Å². The van der Waals surface area contributed by atoms with Crippen LogP contribution in [-0.2, 0) is 0 Å². The van der Waals surface area contributed by atoms with E-state index in [1.54, 1.807) is 6.07 Å². The monoisotopic (exact) mass is 289 g/mol. The van der Waals surface area contributed by atoms with Crippen LogP contribution in [0.3, 0.4) is 0 Å². The van der Waals surface area contributed by atoms with Gasteiger partial charge in [-0.1, -0.05) is 37.8 Å². The highest BCUT2D eigenvalue weighted by molar-refractivity contribution is 5.80. The van der Waals surface area contributed by atoms with Gasteiger partial charge in [0.05, 0.1) is 12.6 Å². The van der Waals surface area contributed by atoms with E-state index in [4.69, 9.17) is 5.73 Å². The fourth-order valence-corrected chi connectivity index (χ4v) is 3.63. The van der Waals surface area contributed by atoms with Crippen molar-refractivity contribution in [1.29, 1.82) is 0 Å². The minimum Gasteiger partial charge on any atom is -0.370 e. The van der Waals surface area contributed by atoms with Gasteiger partial charge in [-0.15, -0.1) is 0 Å². The third-order valence-electron chi connectivity index (χ3n) is 4.81. The first-order chi connectivity index (χ1) is 10.2. The Bertz CT molecular complexity index is 533. The summed E-state index contributed by atoms with van der Waals surface area (Å²) in [4.78, 5) is 6.75. The molecule has 0 spiro atoms. The molecule has 4 heteroatoms. The molecular weight excluding hydrogens is 265 g/mol. The molecule has 3 rings (SSSR count). The van der Waals surface area contributed by atoms with Crippen LogP contribution in [0.25, 0.3) is 0 Å². The average molecular weight is 289 g/mol. The molecule has 0 amide bonds. The molecule has 1 aromatic carbocycles. The summed E-state index contributed by atoms with van der Waals surface area (Å²) in [7, 11) is 0. The molecule has 1 aromatic rings. The third-order valence-corrected chi connectivity index (χ3v) is 4.81. The van der Waals surface area contributed by atoms with E-state index >= 15 is 0 Å². The fraction of sp³-hybridized carbons (Fsp3) is 0.588. The Hall–Kier alpha value is -1.58. The lowest BCUT2D eigenvalue weighted by Gasteiger charge is -2.34. The summed E-state index contributed by atoms with van der Waals surface area (Å²) >= 11 is 0. The molecule has 2 aliphatic rings. The van der Waals surface area contributed by atoms with Gasteiger partial charge in [0.15, 0.2) is 5.96 Å². The predicted molar refractivity (Wildman–Crippen MR) is 83.7 cm³/mol. The Labute approximate surface area is 126 Å². The first-order valence-corrected chi connectivity index (χ1v) is 8.01. The van der Waals surface area contributed by atoms with Gasteiger partial charge in [0.2, 0.25) is 0 Å². The topological polar surface area (TPSA) is 41.6 Å². The van der Waals surface area contributed by atoms with Crippen molar-refractivity contribution < 1.29 is 4.39 Å². The normalized spacial score (nSPS) is 24.0. The molecule has 1 heterocycles. The number of halogens is 1.